The van der Waals surface area contributed by atoms with Crippen LogP contribution in [0.15, 0.2) is 42.5 Å². The number of fused-ring (bicyclic) bond motifs is 3. The summed E-state index contributed by atoms with van der Waals surface area (Å²) in [7, 11) is 0. The fourth-order valence-corrected chi connectivity index (χ4v) is 8.12. The first kappa shape index (κ1) is 21.1. The summed E-state index contributed by atoms with van der Waals surface area (Å²) in [6.07, 6.45) is 4.49. The third-order valence-corrected chi connectivity index (χ3v) is 9.52. The average Bonchev–Trinajstić information content (AvgIpc) is 3.35. The van der Waals surface area contributed by atoms with Gasteiger partial charge < -0.3 is 14.9 Å². The predicted octanol–water partition coefficient (Wildman–Crippen LogP) is 3.89. The quantitative estimate of drug-likeness (QED) is 0.413. The lowest BCUT2D eigenvalue weighted by Gasteiger charge is -2.70. The zero-order valence-electron chi connectivity index (χ0n) is 20.5. The summed E-state index contributed by atoms with van der Waals surface area (Å²) < 4.78 is 1.09. The molecule has 5 heterocycles. The highest BCUT2D eigenvalue weighted by Crippen LogP contribution is 2.62. The van der Waals surface area contributed by atoms with Gasteiger partial charge in [-0.15, -0.1) is 0 Å². The molecule has 5 aliphatic heterocycles. The second-order valence-electron chi connectivity index (χ2n) is 11.6. The molecule has 35 heavy (non-hydrogen) atoms. The number of carbonyl (C=O) groups is 2. The van der Waals surface area contributed by atoms with Crippen LogP contribution in [0.25, 0.3) is 16.7 Å². The molecule has 1 aliphatic carbocycles. The highest BCUT2D eigenvalue weighted by Gasteiger charge is 2.78. The summed E-state index contributed by atoms with van der Waals surface area (Å²) in [6, 6.07) is 12.2. The molecule has 2 aromatic carbocycles. The number of piperidine rings is 1. The highest BCUT2D eigenvalue weighted by atomic mass is 16.5. The van der Waals surface area contributed by atoms with Crippen LogP contribution in [-0.4, -0.2) is 51.2 Å². The minimum Gasteiger partial charge on any atom is -0.618 e. The summed E-state index contributed by atoms with van der Waals surface area (Å²) in [5.74, 6) is -0.170. The maximum Gasteiger partial charge on any atom is 0.248 e. The topological polar surface area (TPSA) is 75.5 Å². The first-order valence-corrected chi connectivity index (χ1v) is 12.5. The zero-order chi connectivity index (χ0) is 24.5. The van der Waals surface area contributed by atoms with Gasteiger partial charge in [-0.25, -0.2) is 0 Å². The van der Waals surface area contributed by atoms with E-state index in [1.54, 1.807) is 0 Å². The molecule has 1 amide bonds. The zero-order valence-corrected chi connectivity index (χ0v) is 20.5. The van der Waals surface area contributed by atoms with Gasteiger partial charge in [0.25, 0.3) is 0 Å². The average molecular weight is 468 g/mol. The third kappa shape index (κ3) is 2.19. The maximum absolute atomic E-state index is 13.9. The summed E-state index contributed by atoms with van der Waals surface area (Å²) in [4.78, 5) is 28.1. The van der Waals surface area contributed by atoms with E-state index in [9.17, 15) is 14.8 Å². The van der Waals surface area contributed by atoms with E-state index in [-0.39, 0.29) is 17.9 Å². The summed E-state index contributed by atoms with van der Waals surface area (Å²) in [5.41, 5.74) is 5.32. The monoisotopic (exact) mass is 467 g/mol. The van der Waals surface area contributed by atoms with E-state index >= 15 is 0 Å². The lowest BCUT2D eigenvalue weighted by atomic mass is 9.47. The molecule has 0 saturated carbocycles. The van der Waals surface area contributed by atoms with E-state index in [1.165, 1.54) is 11.1 Å². The Morgan fingerprint density at radius 1 is 1.17 bits per heavy atom. The van der Waals surface area contributed by atoms with Crippen molar-refractivity contribution in [1.82, 2.24) is 10.2 Å². The number of benzene rings is 2. The molecular formula is C29H29N3O3. The van der Waals surface area contributed by atoms with Crippen LogP contribution < -0.4 is 5.32 Å². The molecule has 4 fully saturated rings. The Labute approximate surface area is 204 Å². The Balaban J connectivity index is 1.43. The van der Waals surface area contributed by atoms with Crippen molar-refractivity contribution in [3.8, 4) is 11.1 Å². The van der Waals surface area contributed by atoms with Crippen LogP contribution in [0.1, 0.15) is 43.4 Å². The maximum atomic E-state index is 13.9. The lowest BCUT2D eigenvalue weighted by molar-refractivity contribution is -0.363. The van der Waals surface area contributed by atoms with E-state index in [2.05, 4.69) is 51.2 Å². The van der Waals surface area contributed by atoms with Crippen molar-refractivity contribution in [3.63, 3.8) is 0 Å². The van der Waals surface area contributed by atoms with Gasteiger partial charge in [0.05, 0.1) is 16.6 Å². The Hall–Kier alpha value is -3.25. The summed E-state index contributed by atoms with van der Waals surface area (Å²) >= 11 is 0. The van der Waals surface area contributed by atoms with Gasteiger partial charge in [-0.3, -0.25) is 10.1 Å². The molecule has 0 radical (unpaired) electrons. The van der Waals surface area contributed by atoms with Crippen LogP contribution in [-0.2, 0) is 9.59 Å². The number of aryl methyl sites for hydroxylation is 2. The second kappa shape index (κ2) is 6.30. The van der Waals surface area contributed by atoms with Gasteiger partial charge >= 0.3 is 0 Å². The van der Waals surface area contributed by atoms with Gasteiger partial charge in [-0.2, -0.15) is 4.74 Å². The molecule has 178 valence electrons. The van der Waals surface area contributed by atoms with Gasteiger partial charge in [-0.1, -0.05) is 24.3 Å². The minimum atomic E-state index is -0.864. The van der Waals surface area contributed by atoms with Crippen molar-refractivity contribution in [2.45, 2.75) is 57.7 Å². The molecule has 2 aromatic rings. The molecule has 6 nitrogen and oxygen atoms in total. The number of nitrogens with zero attached hydrogens (tertiary/aromatic N) is 2. The number of allylic oxidation sites excluding steroid dienone is 1. The Bertz CT molecular complexity index is 1420. The van der Waals surface area contributed by atoms with Gasteiger partial charge in [-0.05, 0) is 74.9 Å². The molecule has 2 bridgehead atoms. The van der Waals surface area contributed by atoms with E-state index in [0.29, 0.717) is 24.4 Å². The molecule has 4 atom stereocenters. The first-order valence-electron chi connectivity index (χ1n) is 12.5. The van der Waals surface area contributed by atoms with Gasteiger partial charge in [0.2, 0.25) is 17.3 Å². The van der Waals surface area contributed by atoms with Crippen LogP contribution in [0.4, 0.5) is 5.69 Å². The fraction of sp³-hybridized carbons (Fsp3) is 0.414. The first-order chi connectivity index (χ1) is 16.7. The second-order valence-corrected chi connectivity index (χ2v) is 11.6. The van der Waals surface area contributed by atoms with Gasteiger partial charge in [0.1, 0.15) is 17.4 Å². The number of piperazine rings is 1. The van der Waals surface area contributed by atoms with Crippen molar-refractivity contribution < 1.29 is 14.3 Å². The van der Waals surface area contributed by atoms with Crippen LogP contribution in [0.2, 0.25) is 0 Å². The molecule has 1 spiro atoms. The number of nitrogens with one attached hydrogen (secondary N) is 1. The van der Waals surface area contributed by atoms with Crippen LogP contribution >= 0.6 is 0 Å². The van der Waals surface area contributed by atoms with Crippen molar-refractivity contribution in [3.05, 3.63) is 64.4 Å². The standard InChI is InChI=1S/C29H29N3O3/c1-16-7-5-8-17(2)22(16)18-9-10-19-20-14-29-23(27(3,4)25(20)32(35)21(19)13-18)24(30-29)28(15-33)11-6-12-31(28)26(29)34/h5,7-10,13-15,23-24,30H,6,11-12H2,1-4H3/t23?,24?,28?,29-/m0/s1. The lowest BCUT2D eigenvalue weighted by Crippen LogP contribution is -2.92. The number of carbonyl (C=O) groups excluding carboxylic acids is 2. The van der Waals surface area contributed by atoms with Crippen molar-refractivity contribution in [1.29, 1.82) is 0 Å². The summed E-state index contributed by atoms with van der Waals surface area (Å²) in [5, 5.41) is 17.4. The Morgan fingerprint density at radius 3 is 2.63 bits per heavy atom. The molecule has 6 heteroatoms. The van der Waals surface area contributed by atoms with E-state index in [1.807, 2.05) is 29.2 Å². The minimum absolute atomic E-state index is 0.0210. The highest BCUT2D eigenvalue weighted by molar-refractivity contribution is 6.30. The third-order valence-electron chi connectivity index (χ3n) is 9.52. The number of amides is 1. The Kier molecular flexibility index (Phi) is 3.79. The number of aldehydes is 1. The summed E-state index contributed by atoms with van der Waals surface area (Å²) in [6.45, 7) is 8.94. The number of hydrogen-bond donors (Lipinski definition) is 1. The van der Waals surface area contributed by atoms with Gasteiger partial charge in [0, 0.05) is 24.6 Å². The van der Waals surface area contributed by atoms with Crippen LogP contribution in [0.3, 0.4) is 0 Å². The van der Waals surface area contributed by atoms with Crippen LogP contribution in [0, 0.1) is 30.4 Å². The number of hydrogen-bond acceptors (Lipinski definition) is 4. The molecule has 0 aromatic heterocycles. The predicted molar refractivity (Wildman–Crippen MR) is 134 cm³/mol. The molecule has 1 N–H and O–H groups in total. The van der Waals surface area contributed by atoms with Crippen molar-refractivity contribution in [2.24, 2.45) is 11.3 Å². The molecule has 6 aliphatic rings. The number of rotatable bonds is 2. The van der Waals surface area contributed by atoms with Gasteiger partial charge in [0.15, 0.2) is 0 Å². The SMILES string of the molecule is Cc1cccc(C)c1-c1ccc2c(c1)[N+]([O-])=C1C2=C[C@]23NC(C2C1(C)C)C1(C=O)CCCN1C3=O. The molecular weight excluding hydrogens is 438 g/mol. The van der Waals surface area contributed by atoms with E-state index in [0.717, 1.165) is 39.7 Å². The normalized spacial score (nSPS) is 33.4. The fourth-order valence-electron chi connectivity index (χ4n) is 8.12. The molecule has 3 unspecified atom stereocenters. The van der Waals surface area contributed by atoms with E-state index in [4.69, 9.17) is 0 Å². The van der Waals surface area contributed by atoms with Crippen LogP contribution in [0.5, 0.6) is 0 Å². The molecule has 4 saturated heterocycles. The van der Waals surface area contributed by atoms with Crippen molar-refractivity contribution in [2.75, 3.05) is 6.54 Å². The van der Waals surface area contributed by atoms with E-state index < -0.39 is 16.5 Å². The Morgan fingerprint density at radius 2 is 1.91 bits per heavy atom. The smallest absolute Gasteiger partial charge is 0.248 e. The molecule has 8 rings (SSSR count). The largest absolute Gasteiger partial charge is 0.618 e. The van der Waals surface area contributed by atoms with Crippen molar-refractivity contribution >= 4 is 29.2 Å².